The number of fused-ring (bicyclic) bond motifs is 1. The van der Waals surface area contributed by atoms with Gasteiger partial charge in [-0.1, -0.05) is 12.1 Å². The van der Waals surface area contributed by atoms with Crippen LogP contribution in [0, 0.1) is 0 Å². The molecule has 2 aromatic heterocycles. The summed E-state index contributed by atoms with van der Waals surface area (Å²) < 4.78 is 3.34. The number of thiophene rings is 1. The summed E-state index contributed by atoms with van der Waals surface area (Å²) in [5.74, 6) is 6.81. The molecular formula is C15H17BrN4S. The van der Waals surface area contributed by atoms with Crippen molar-refractivity contribution in [3.63, 3.8) is 0 Å². The van der Waals surface area contributed by atoms with Gasteiger partial charge in [0.2, 0.25) is 0 Å². The van der Waals surface area contributed by atoms with E-state index < -0.39 is 0 Å². The molecule has 2 heterocycles. The van der Waals surface area contributed by atoms with E-state index in [0.717, 1.165) is 28.8 Å². The van der Waals surface area contributed by atoms with Gasteiger partial charge in [-0.05, 0) is 41.1 Å². The summed E-state index contributed by atoms with van der Waals surface area (Å²) >= 11 is 5.19. The van der Waals surface area contributed by atoms with Crippen LogP contribution in [-0.2, 0) is 13.0 Å². The average molecular weight is 365 g/mol. The van der Waals surface area contributed by atoms with Gasteiger partial charge in [-0.2, -0.15) is 0 Å². The summed E-state index contributed by atoms with van der Waals surface area (Å²) in [5.41, 5.74) is 5.13. The molecule has 0 aliphatic rings. The van der Waals surface area contributed by atoms with E-state index in [-0.39, 0.29) is 6.04 Å². The first-order valence-corrected chi connectivity index (χ1v) is 8.54. The molecule has 0 saturated carbocycles. The molecule has 0 aliphatic heterocycles. The number of halogens is 1. The number of hydrazine groups is 1. The molecule has 1 atom stereocenters. The first-order valence-electron chi connectivity index (χ1n) is 6.87. The third-order valence-electron chi connectivity index (χ3n) is 3.57. The third kappa shape index (κ3) is 2.89. The van der Waals surface area contributed by atoms with E-state index in [2.05, 4.69) is 62.5 Å². The van der Waals surface area contributed by atoms with E-state index in [0.29, 0.717) is 0 Å². The molecule has 0 bridgehead atoms. The summed E-state index contributed by atoms with van der Waals surface area (Å²) in [6, 6.07) is 10.4. The number of hydrogen-bond acceptors (Lipinski definition) is 4. The molecule has 0 aliphatic carbocycles. The van der Waals surface area contributed by atoms with Gasteiger partial charge >= 0.3 is 0 Å². The van der Waals surface area contributed by atoms with Crippen molar-refractivity contribution >= 4 is 38.3 Å². The fraction of sp³-hybridized carbons (Fsp3) is 0.267. The van der Waals surface area contributed by atoms with Crippen molar-refractivity contribution in [3.05, 3.63) is 50.9 Å². The van der Waals surface area contributed by atoms with E-state index in [9.17, 15) is 0 Å². The maximum Gasteiger partial charge on any atom is 0.111 e. The minimum Gasteiger partial charge on any atom is -0.328 e. The number of para-hydroxylation sites is 2. The van der Waals surface area contributed by atoms with Gasteiger partial charge in [0.05, 0.1) is 17.1 Å². The van der Waals surface area contributed by atoms with Gasteiger partial charge in [-0.25, -0.2) is 4.98 Å². The van der Waals surface area contributed by atoms with Crippen molar-refractivity contribution in [2.24, 2.45) is 5.84 Å². The van der Waals surface area contributed by atoms with Crippen LogP contribution in [0.4, 0.5) is 0 Å². The fourth-order valence-corrected chi connectivity index (χ4v) is 4.08. The highest BCUT2D eigenvalue weighted by Crippen LogP contribution is 2.28. The molecule has 3 N–H and O–H groups in total. The van der Waals surface area contributed by atoms with Crippen molar-refractivity contribution in [2.75, 3.05) is 0 Å². The van der Waals surface area contributed by atoms with Crippen molar-refractivity contribution in [1.29, 1.82) is 0 Å². The molecule has 3 aromatic rings. The molecule has 0 radical (unpaired) electrons. The molecule has 0 spiro atoms. The number of hydrogen-bond donors (Lipinski definition) is 2. The lowest BCUT2D eigenvalue weighted by Crippen LogP contribution is -2.29. The summed E-state index contributed by atoms with van der Waals surface area (Å²) in [7, 11) is 0. The van der Waals surface area contributed by atoms with Gasteiger partial charge in [0.15, 0.2) is 0 Å². The predicted octanol–water partition coefficient (Wildman–Crippen LogP) is 3.63. The Kier molecular flexibility index (Phi) is 4.40. The van der Waals surface area contributed by atoms with Crippen LogP contribution in [0.3, 0.4) is 0 Å². The zero-order valence-corrected chi connectivity index (χ0v) is 14.1. The number of nitrogens with two attached hydrogens (primary N) is 1. The van der Waals surface area contributed by atoms with Crippen molar-refractivity contribution < 1.29 is 0 Å². The number of aryl methyl sites for hydroxylation is 1. The fourth-order valence-electron chi connectivity index (χ4n) is 2.57. The first kappa shape index (κ1) is 14.7. The SMILES string of the molecule is CCn1c(CC(NN)c2cc(Br)cs2)nc2ccccc21. The van der Waals surface area contributed by atoms with E-state index in [1.165, 1.54) is 10.4 Å². The molecule has 1 aromatic carbocycles. The molecule has 0 amide bonds. The Bertz CT molecular complexity index is 749. The van der Waals surface area contributed by atoms with Gasteiger partial charge in [0.1, 0.15) is 5.82 Å². The van der Waals surface area contributed by atoms with Crippen molar-refractivity contribution in [3.8, 4) is 0 Å². The maximum atomic E-state index is 5.75. The summed E-state index contributed by atoms with van der Waals surface area (Å²) in [6.07, 6.45) is 0.770. The van der Waals surface area contributed by atoms with Gasteiger partial charge in [-0.15, -0.1) is 11.3 Å². The molecular weight excluding hydrogens is 348 g/mol. The summed E-state index contributed by atoms with van der Waals surface area (Å²) in [6.45, 7) is 3.05. The second-order valence-corrected chi connectivity index (χ2v) is 6.71. The number of imidazole rings is 1. The lowest BCUT2D eigenvalue weighted by Gasteiger charge is -2.14. The smallest absolute Gasteiger partial charge is 0.111 e. The third-order valence-corrected chi connectivity index (χ3v) is 5.38. The number of benzene rings is 1. The molecule has 0 saturated heterocycles. The minimum atomic E-state index is 0.0726. The number of nitrogens with zero attached hydrogens (tertiary/aromatic N) is 2. The number of nitrogens with one attached hydrogen (secondary N) is 1. The average Bonchev–Trinajstić information content (AvgIpc) is 3.07. The summed E-state index contributed by atoms with van der Waals surface area (Å²) in [5, 5.41) is 2.07. The zero-order valence-electron chi connectivity index (χ0n) is 11.7. The van der Waals surface area contributed by atoms with E-state index >= 15 is 0 Å². The quantitative estimate of drug-likeness (QED) is 0.536. The van der Waals surface area contributed by atoms with Gasteiger partial charge < -0.3 is 4.57 Å². The second kappa shape index (κ2) is 6.27. The Hall–Kier alpha value is -1.21. The largest absolute Gasteiger partial charge is 0.328 e. The predicted molar refractivity (Wildman–Crippen MR) is 91.2 cm³/mol. The van der Waals surface area contributed by atoms with Crippen LogP contribution in [0.15, 0.2) is 40.2 Å². The van der Waals surface area contributed by atoms with Crippen molar-refractivity contribution in [2.45, 2.75) is 25.9 Å². The molecule has 6 heteroatoms. The van der Waals surface area contributed by atoms with Crippen LogP contribution in [0.1, 0.15) is 23.7 Å². The number of aromatic nitrogens is 2. The Balaban J connectivity index is 1.96. The topological polar surface area (TPSA) is 55.9 Å². The van der Waals surface area contributed by atoms with Gasteiger partial charge in [-0.3, -0.25) is 11.3 Å². The molecule has 3 rings (SSSR count). The Morgan fingerprint density at radius 2 is 2.24 bits per heavy atom. The first-order chi connectivity index (χ1) is 10.2. The van der Waals surface area contributed by atoms with Crippen LogP contribution in [0.2, 0.25) is 0 Å². The van der Waals surface area contributed by atoms with Crippen LogP contribution < -0.4 is 11.3 Å². The highest BCUT2D eigenvalue weighted by atomic mass is 79.9. The highest BCUT2D eigenvalue weighted by molar-refractivity contribution is 9.10. The van der Waals surface area contributed by atoms with Crippen LogP contribution in [0.25, 0.3) is 11.0 Å². The lowest BCUT2D eigenvalue weighted by atomic mass is 10.1. The normalized spacial score (nSPS) is 12.9. The minimum absolute atomic E-state index is 0.0726. The number of rotatable bonds is 5. The van der Waals surface area contributed by atoms with Crippen LogP contribution >= 0.6 is 27.3 Å². The van der Waals surface area contributed by atoms with Crippen LogP contribution in [0.5, 0.6) is 0 Å². The highest BCUT2D eigenvalue weighted by Gasteiger charge is 2.17. The lowest BCUT2D eigenvalue weighted by molar-refractivity contribution is 0.533. The van der Waals surface area contributed by atoms with Gasteiger partial charge in [0, 0.05) is 27.7 Å². The monoisotopic (exact) mass is 364 g/mol. The van der Waals surface area contributed by atoms with Crippen molar-refractivity contribution in [1.82, 2.24) is 15.0 Å². The molecule has 110 valence electrons. The molecule has 4 nitrogen and oxygen atoms in total. The van der Waals surface area contributed by atoms with Crippen LogP contribution in [-0.4, -0.2) is 9.55 Å². The second-order valence-electron chi connectivity index (χ2n) is 4.85. The summed E-state index contributed by atoms with van der Waals surface area (Å²) in [4.78, 5) is 5.97. The molecule has 21 heavy (non-hydrogen) atoms. The Morgan fingerprint density at radius 1 is 1.43 bits per heavy atom. The standard InChI is InChI=1S/C15H17BrN4S/c1-2-20-13-6-4-3-5-11(13)18-15(20)8-12(19-17)14-7-10(16)9-21-14/h3-7,9,12,19H,2,8,17H2,1H3. The molecule has 1 unspecified atom stereocenters. The van der Waals surface area contributed by atoms with E-state index in [4.69, 9.17) is 10.8 Å². The maximum absolute atomic E-state index is 5.75. The van der Waals surface area contributed by atoms with E-state index in [1.54, 1.807) is 11.3 Å². The van der Waals surface area contributed by atoms with E-state index in [1.807, 2.05) is 6.07 Å². The Morgan fingerprint density at radius 3 is 2.90 bits per heavy atom. The zero-order chi connectivity index (χ0) is 14.8. The molecule has 0 fully saturated rings. The van der Waals surface area contributed by atoms with Gasteiger partial charge in [0.25, 0.3) is 0 Å². The Labute approximate surface area is 136 Å².